The van der Waals surface area contributed by atoms with Crippen LogP contribution in [-0.4, -0.2) is 26.2 Å². The second-order valence-corrected chi connectivity index (χ2v) is 8.09. The van der Waals surface area contributed by atoms with E-state index in [0.29, 0.717) is 12.8 Å². The number of nitrogens with two attached hydrogens (primary N) is 1. The van der Waals surface area contributed by atoms with Gasteiger partial charge >= 0.3 is 0 Å². The fraction of sp³-hybridized carbons (Fsp3) is 0.538. The molecule has 108 valence electrons. The molecule has 0 aliphatic heterocycles. The SMILES string of the molecule is CCSc1ccc(C(CCCS(C)(=O)=O)NN)cc1. The van der Waals surface area contributed by atoms with Gasteiger partial charge in [-0.05, 0) is 36.3 Å². The molecule has 0 heterocycles. The van der Waals surface area contributed by atoms with Crippen LogP contribution in [0, 0.1) is 0 Å². The minimum Gasteiger partial charge on any atom is -0.271 e. The summed E-state index contributed by atoms with van der Waals surface area (Å²) in [6.45, 7) is 2.12. The van der Waals surface area contributed by atoms with Crippen LogP contribution in [0.5, 0.6) is 0 Å². The number of benzene rings is 1. The summed E-state index contributed by atoms with van der Waals surface area (Å²) in [6, 6.07) is 8.24. The number of sulfone groups is 1. The number of hydrazine groups is 1. The Kier molecular flexibility index (Phi) is 6.85. The zero-order chi connectivity index (χ0) is 14.3. The van der Waals surface area contributed by atoms with Crippen molar-refractivity contribution >= 4 is 21.6 Å². The van der Waals surface area contributed by atoms with Crippen LogP contribution in [0.2, 0.25) is 0 Å². The van der Waals surface area contributed by atoms with Crippen molar-refractivity contribution in [3.05, 3.63) is 29.8 Å². The smallest absolute Gasteiger partial charge is 0.147 e. The maximum atomic E-state index is 11.1. The second-order valence-electron chi connectivity index (χ2n) is 4.49. The molecule has 0 amide bonds. The molecule has 0 bridgehead atoms. The summed E-state index contributed by atoms with van der Waals surface area (Å²) >= 11 is 1.79. The average Bonchev–Trinajstić information content (AvgIpc) is 2.35. The molecular formula is C13H22N2O2S2. The van der Waals surface area contributed by atoms with Crippen molar-refractivity contribution in [2.45, 2.75) is 30.7 Å². The molecule has 0 fully saturated rings. The van der Waals surface area contributed by atoms with E-state index in [1.165, 1.54) is 11.2 Å². The quantitative estimate of drug-likeness (QED) is 0.437. The Balaban J connectivity index is 2.59. The predicted molar refractivity (Wildman–Crippen MR) is 81.8 cm³/mol. The highest BCUT2D eigenvalue weighted by molar-refractivity contribution is 7.99. The summed E-state index contributed by atoms with van der Waals surface area (Å²) in [5.74, 6) is 6.80. The number of nitrogens with one attached hydrogen (secondary N) is 1. The van der Waals surface area contributed by atoms with Gasteiger partial charge in [-0.15, -0.1) is 11.8 Å². The lowest BCUT2D eigenvalue weighted by molar-refractivity contribution is 0.507. The van der Waals surface area contributed by atoms with Crippen molar-refractivity contribution in [3.8, 4) is 0 Å². The maximum absolute atomic E-state index is 11.1. The van der Waals surface area contributed by atoms with E-state index in [4.69, 9.17) is 5.84 Å². The van der Waals surface area contributed by atoms with Gasteiger partial charge in [0.05, 0.1) is 0 Å². The Hall–Kier alpha value is -0.560. The molecule has 0 spiro atoms. The van der Waals surface area contributed by atoms with E-state index >= 15 is 0 Å². The molecule has 0 aromatic heterocycles. The van der Waals surface area contributed by atoms with Gasteiger partial charge in [0, 0.05) is 22.9 Å². The van der Waals surface area contributed by atoms with E-state index in [-0.39, 0.29) is 11.8 Å². The molecule has 0 aliphatic rings. The van der Waals surface area contributed by atoms with Gasteiger partial charge in [0.15, 0.2) is 0 Å². The molecule has 0 saturated carbocycles. The zero-order valence-corrected chi connectivity index (χ0v) is 13.1. The van der Waals surface area contributed by atoms with E-state index < -0.39 is 9.84 Å². The number of hydrogen-bond acceptors (Lipinski definition) is 5. The molecule has 1 aromatic rings. The molecule has 6 heteroatoms. The number of thioether (sulfide) groups is 1. The third-order valence-corrected chi connectivity index (χ3v) is 4.73. The topological polar surface area (TPSA) is 72.2 Å². The Morgan fingerprint density at radius 2 is 1.95 bits per heavy atom. The van der Waals surface area contributed by atoms with Gasteiger partial charge in [0.2, 0.25) is 0 Å². The van der Waals surface area contributed by atoms with Gasteiger partial charge in [-0.2, -0.15) is 0 Å². The standard InChI is InChI=1S/C13H22N2O2S2/c1-3-18-12-8-6-11(7-9-12)13(15-14)5-4-10-19(2,16)17/h6-9,13,15H,3-5,10,14H2,1-2H3. The van der Waals surface area contributed by atoms with Crippen LogP contribution in [0.1, 0.15) is 31.4 Å². The Morgan fingerprint density at radius 3 is 2.42 bits per heavy atom. The molecule has 0 saturated heterocycles. The number of hydrogen-bond donors (Lipinski definition) is 2. The highest BCUT2D eigenvalue weighted by atomic mass is 32.2. The average molecular weight is 302 g/mol. The van der Waals surface area contributed by atoms with E-state index in [1.54, 1.807) is 11.8 Å². The molecule has 1 atom stereocenters. The van der Waals surface area contributed by atoms with Crippen molar-refractivity contribution in [2.24, 2.45) is 5.84 Å². The lowest BCUT2D eigenvalue weighted by Gasteiger charge is -2.16. The molecule has 19 heavy (non-hydrogen) atoms. The van der Waals surface area contributed by atoms with Gasteiger partial charge in [-0.3, -0.25) is 11.3 Å². The minimum atomic E-state index is -2.90. The van der Waals surface area contributed by atoms with Gasteiger partial charge in [-0.1, -0.05) is 19.1 Å². The zero-order valence-electron chi connectivity index (χ0n) is 11.4. The summed E-state index contributed by atoms with van der Waals surface area (Å²) in [4.78, 5) is 1.23. The molecule has 4 nitrogen and oxygen atoms in total. The lowest BCUT2D eigenvalue weighted by Crippen LogP contribution is -2.28. The van der Waals surface area contributed by atoms with Gasteiger partial charge in [0.1, 0.15) is 9.84 Å². The van der Waals surface area contributed by atoms with E-state index in [9.17, 15) is 8.42 Å². The first-order valence-corrected chi connectivity index (χ1v) is 9.37. The number of rotatable bonds is 8. The highest BCUT2D eigenvalue weighted by Gasteiger charge is 2.11. The minimum absolute atomic E-state index is 0.00225. The largest absolute Gasteiger partial charge is 0.271 e. The van der Waals surface area contributed by atoms with Crippen LogP contribution in [-0.2, 0) is 9.84 Å². The van der Waals surface area contributed by atoms with Gasteiger partial charge < -0.3 is 0 Å². The molecule has 0 radical (unpaired) electrons. The molecule has 3 N–H and O–H groups in total. The van der Waals surface area contributed by atoms with Crippen LogP contribution in [0.25, 0.3) is 0 Å². The lowest BCUT2D eigenvalue weighted by atomic mass is 10.0. The molecule has 1 aromatic carbocycles. The molecular weight excluding hydrogens is 280 g/mol. The Bertz CT molecular complexity index is 472. The van der Waals surface area contributed by atoms with Crippen LogP contribution >= 0.6 is 11.8 Å². The molecule has 1 rings (SSSR count). The van der Waals surface area contributed by atoms with Crippen LogP contribution in [0.3, 0.4) is 0 Å². The highest BCUT2D eigenvalue weighted by Crippen LogP contribution is 2.23. The second kappa shape index (κ2) is 7.89. The molecule has 1 unspecified atom stereocenters. The third kappa shape index (κ3) is 6.42. The predicted octanol–water partition coefficient (Wildman–Crippen LogP) is 2.13. The summed E-state index contributed by atoms with van der Waals surface area (Å²) in [7, 11) is -2.90. The van der Waals surface area contributed by atoms with E-state index in [0.717, 1.165) is 11.3 Å². The fourth-order valence-corrected chi connectivity index (χ4v) is 3.21. The fourth-order valence-electron chi connectivity index (χ4n) is 1.86. The summed E-state index contributed by atoms with van der Waals surface area (Å²) in [5, 5.41) is 0. The van der Waals surface area contributed by atoms with Crippen molar-refractivity contribution in [1.82, 2.24) is 5.43 Å². The Morgan fingerprint density at radius 1 is 1.32 bits per heavy atom. The first kappa shape index (κ1) is 16.5. The first-order valence-electron chi connectivity index (χ1n) is 6.33. The van der Waals surface area contributed by atoms with Crippen LogP contribution < -0.4 is 11.3 Å². The van der Waals surface area contributed by atoms with E-state index in [1.807, 2.05) is 12.1 Å². The van der Waals surface area contributed by atoms with Crippen molar-refractivity contribution in [2.75, 3.05) is 17.8 Å². The summed E-state index contributed by atoms with van der Waals surface area (Å²) in [6.07, 6.45) is 2.58. The maximum Gasteiger partial charge on any atom is 0.147 e. The Labute approximate surface area is 120 Å². The van der Waals surface area contributed by atoms with Crippen LogP contribution in [0.15, 0.2) is 29.2 Å². The molecule has 0 aliphatic carbocycles. The summed E-state index contributed by atoms with van der Waals surface area (Å²) < 4.78 is 22.2. The first-order chi connectivity index (χ1) is 8.96. The van der Waals surface area contributed by atoms with Crippen molar-refractivity contribution in [3.63, 3.8) is 0 Å². The van der Waals surface area contributed by atoms with Crippen molar-refractivity contribution < 1.29 is 8.42 Å². The van der Waals surface area contributed by atoms with Gasteiger partial charge in [0.25, 0.3) is 0 Å². The van der Waals surface area contributed by atoms with Gasteiger partial charge in [-0.25, -0.2) is 8.42 Å². The normalized spacial score (nSPS) is 13.4. The summed E-state index contributed by atoms with van der Waals surface area (Å²) in [5.41, 5.74) is 3.85. The van der Waals surface area contributed by atoms with Crippen molar-refractivity contribution in [1.29, 1.82) is 0 Å². The van der Waals surface area contributed by atoms with E-state index in [2.05, 4.69) is 24.5 Å². The van der Waals surface area contributed by atoms with Crippen LogP contribution in [0.4, 0.5) is 0 Å². The monoisotopic (exact) mass is 302 g/mol. The third-order valence-electron chi connectivity index (χ3n) is 2.80.